The third-order valence-corrected chi connectivity index (χ3v) is 2.82. The fraction of sp³-hybridized carbons (Fsp3) is 0.133. The number of aromatic hydroxyl groups is 1. The molecule has 2 aromatic rings. The van der Waals surface area contributed by atoms with Crippen molar-refractivity contribution in [3.63, 3.8) is 0 Å². The fourth-order valence-electron chi connectivity index (χ4n) is 1.79. The smallest absolute Gasteiger partial charge is 0.337 e. The van der Waals surface area contributed by atoms with Crippen LogP contribution in [0.2, 0.25) is 0 Å². The summed E-state index contributed by atoms with van der Waals surface area (Å²) in [5.41, 5.74) is 2.23. The van der Waals surface area contributed by atoms with Gasteiger partial charge in [0.2, 0.25) is 0 Å². The van der Waals surface area contributed by atoms with Crippen molar-refractivity contribution >= 4 is 5.97 Å². The van der Waals surface area contributed by atoms with Gasteiger partial charge in [0.15, 0.2) is 11.5 Å². The van der Waals surface area contributed by atoms with E-state index in [1.807, 2.05) is 6.07 Å². The Labute approximate surface area is 111 Å². The molecule has 4 heteroatoms. The second kappa shape index (κ2) is 5.44. The molecular weight excluding hydrogens is 244 g/mol. The molecule has 0 bridgehead atoms. The molecule has 98 valence electrons. The van der Waals surface area contributed by atoms with Gasteiger partial charge in [-0.05, 0) is 35.4 Å². The molecule has 0 spiro atoms. The Morgan fingerprint density at radius 3 is 2.16 bits per heavy atom. The lowest BCUT2D eigenvalue weighted by atomic mass is 10.0. The highest BCUT2D eigenvalue weighted by atomic mass is 16.5. The number of phenols is 1. The zero-order valence-corrected chi connectivity index (χ0v) is 10.7. The van der Waals surface area contributed by atoms with Crippen LogP contribution in [0.1, 0.15) is 10.4 Å². The zero-order valence-electron chi connectivity index (χ0n) is 10.7. The van der Waals surface area contributed by atoms with Gasteiger partial charge in [0.05, 0.1) is 19.8 Å². The summed E-state index contributed by atoms with van der Waals surface area (Å²) < 4.78 is 9.63. The summed E-state index contributed by atoms with van der Waals surface area (Å²) in [5.74, 6) is 0.135. The standard InChI is InChI=1S/C15H14O4/c1-18-14-8-7-12(9-13(14)16)10-3-5-11(6-4-10)15(17)19-2/h3-9,16H,1-2H3. The minimum atomic E-state index is -0.371. The number of carbonyl (C=O) groups excluding carboxylic acids is 1. The van der Waals surface area contributed by atoms with Gasteiger partial charge in [0.25, 0.3) is 0 Å². The molecule has 0 atom stereocenters. The van der Waals surface area contributed by atoms with Crippen molar-refractivity contribution in [2.24, 2.45) is 0 Å². The number of hydrogen-bond acceptors (Lipinski definition) is 4. The Kier molecular flexibility index (Phi) is 3.71. The van der Waals surface area contributed by atoms with Crippen molar-refractivity contribution in [2.45, 2.75) is 0 Å². The Balaban J connectivity index is 2.32. The van der Waals surface area contributed by atoms with Crippen LogP contribution in [0, 0.1) is 0 Å². The Morgan fingerprint density at radius 2 is 1.63 bits per heavy atom. The molecule has 0 saturated carbocycles. The topological polar surface area (TPSA) is 55.8 Å². The quantitative estimate of drug-likeness (QED) is 0.860. The second-order valence-electron chi connectivity index (χ2n) is 3.96. The molecule has 0 aliphatic heterocycles. The van der Waals surface area contributed by atoms with E-state index in [4.69, 9.17) is 4.74 Å². The molecule has 0 aliphatic rings. The van der Waals surface area contributed by atoms with Crippen LogP contribution in [0.25, 0.3) is 11.1 Å². The molecule has 0 aliphatic carbocycles. The number of carbonyl (C=O) groups is 1. The maximum Gasteiger partial charge on any atom is 0.337 e. The molecule has 19 heavy (non-hydrogen) atoms. The maximum atomic E-state index is 11.3. The summed E-state index contributed by atoms with van der Waals surface area (Å²) >= 11 is 0. The summed E-state index contributed by atoms with van der Waals surface area (Å²) in [6.07, 6.45) is 0. The van der Waals surface area contributed by atoms with Gasteiger partial charge in [-0.15, -0.1) is 0 Å². The third-order valence-electron chi connectivity index (χ3n) is 2.82. The van der Waals surface area contributed by atoms with Crippen LogP contribution < -0.4 is 4.74 Å². The third kappa shape index (κ3) is 2.68. The van der Waals surface area contributed by atoms with E-state index in [1.165, 1.54) is 14.2 Å². The lowest BCUT2D eigenvalue weighted by Crippen LogP contribution is -2.00. The lowest BCUT2D eigenvalue weighted by Gasteiger charge is -2.07. The first-order valence-electron chi connectivity index (χ1n) is 5.71. The molecule has 2 rings (SSSR count). The highest BCUT2D eigenvalue weighted by Crippen LogP contribution is 2.31. The van der Waals surface area contributed by atoms with Crippen molar-refractivity contribution in [3.8, 4) is 22.6 Å². The summed E-state index contributed by atoms with van der Waals surface area (Å²) in [6.45, 7) is 0. The first-order valence-corrected chi connectivity index (χ1v) is 5.71. The van der Waals surface area contributed by atoms with Gasteiger partial charge in [-0.1, -0.05) is 18.2 Å². The van der Waals surface area contributed by atoms with E-state index in [9.17, 15) is 9.90 Å². The van der Waals surface area contributed by atoms with Gasteiger partial charge in [-0.3, -0.25) is 0 Å². The van der Waals surface area contributed by atoms with Gasteiger partial charge in [0, 0.05) is 0 Å². The number of phenolic OH excluding ortho intramolecular Hbond substituents is 1. The number of esters is 1. The largest absolute Gasteiger partial charge is 0.504 e. The van der Waals surface area contributed by atoms with Gasteiger partial charge in [0.1, 0.15) is 0 Å². The Morgan fingerprint density at radius 1 is 1.00 bits per heavy atom. The fourth-order valence-corrected chi connectivity index (χ4v) is 1.79. The second-order valence-corrected chi connectivity index (χ2v) is 3.96. The number of ether oxygens (including phenoxy) is 2. The van der Waals surface area contributed by atoms with Crippen LogP contribution in [0.3, 0.4) is 0 Å². The van der Waals surface area contributed by atoms with Gasteiger partial charge in [-0.25, -0.2) is 4.79 Å². The van der Waals surface area contributed by atoms with Crippen LogP contribution in [-0.4, -0.2) is 25.3 Å². The van der Waals surface area contributed by atoms with Crippen LogP contribution >= 0.6 is 0 Å². The molecule has 2 aromatic carbocycles. The Bertz CT molecular complexity index is 588. The summed E-state index contributed by atoms with van der Waals surface area (Å²) in [6, 6.07) is 12.1. The van der Waals surface area contributed by atoms with Gasteiger partial charge >= 0.3 is 5.97 Å². The molecule has 4 nitrogen and oxygen atoms in total. The minimum absolute atomic E-state index is 0.0806. The number of hydrogen-bond donors (Lipinski definition) is 1. The molecule has 0 aromatic heterocycles. The predicted molar refractivity (Wildman–Crippen MR) is 71.4 cm³/mol. The first-order chi connectivity index (χ1) is 9.15. The van der Waals surface area contributed by atoms with E-state index in [0.29, 0.717) is 11.3 Å². The monoisotopic (exact) mass is 258 g/mol. The molecular formula is C15H14O4. The zero-order chi connectivity index (χ0) is 13.8. The molecule has 0 amide bonds. The van der Waals surface area contributed by atoms with Crippen LogP contribution in [0.15, 0.2) is 42.5 Å². The van der Waals surface area contributed by atoms with Crippen molar-refractivity contribution in [1.29, 1.82) is 0 Å². The number of rotatable bonds is 3. The van der Waals surface area contributed by atoms with E-state index in [-0.39, 0.29) is 11.7 Å². The van der Waals surface area contributed by atoms with Crippen molar-refractivity contribution in [1.82, 2.24) is 0 Å². The van der Waals surface area contributed by atoms with E-state index in [1.54, 1.807) is 36.4 Å². The van der Waals surface area contributed by atoms with Crippen molar-refractivity contribution in [2.75, 3.05) is 14.2 Å². The SMILES string of the molecule is COC(=O)c1ccc(-c2ccc(OC)c(O)c2)cc1. The summed E-state index contributed by atoms with van der Waals surface area (Å²) in [4.78, 5) is 11.3. The van der Waals surface area contributed by atoms with E-state index in [2.05, 4.69) is 4.74 Å². The Hall–Kier alpha value is -2.49. The molecule has 0 saturated heterocycles. The average Bonchev–Trinajstić information content (AvgIpc) is 2.46. The first kappa shape index (κ1) is 13.0. The predicted octanol–water partition coefficient (Wildman–Crippen LogP) is 2.85. The summed E-state index contributed by atoms with van der Waals surface area (Å²) in [7, 11) is 2.84. The summed E-state index contributed by atoms with van der Waals surface area (Å²) in [5, 5.41) is 9.73. The van der Waals surface area contributed by atoms with Gasteiger partial charge in [-0.2, -0.15) is 0 Å². The highest BCUT2D eigenvalue weighted by molar-refractivity contribution is 5.90. The van der Waals surface area contributed by atoms with Crippen LogP contribution in [0.5, 0.6) is 11.5 Å². The average molecular weight is 258 g/mol. The van der Waals surface area contributed by atoms with E-state index in [0.717, 1.165) is 11.1 Å². The molecule has 0 unspecified atom stereocenters. The minimum Gasteiger partial charge on any atom is -0.504 e. The number of methoxy groups -OCH3 is 2. The normalized spacial score (nSPS) is 10.0. The lowest BCUT2D eigenvalue weighted by molar-refractivity contribution is 0.0601. The van der Waals surface area contributed by atoms with E-state index < -0.39 is 0 Å². The van der Waals surface area contributed by atoms with Crippen molar-refractivity contribution < 1.29 is 19.4 Å². The molecule has 0 fully saturated rings. The molecule has 1 N–H and O–H groups in total. The molecule has 0 radical (unpaired) electrons. The van der Waals surface area contributed by atoms with Gasteiger partial charge < -0.3 is 14.6 Å². The van der Waals surface area contributed by atoms with Crippen LogP contribution in [-0.2, 0) is 4.74 Å². The molecule has 0 heterocycles. The highest BCUT2D eigenvalue weighted by Gasteiger charge is 2.07. The maximum absolute atomic E-state index is 11.3. The van der Waals surface area contributed by atoms with Crippen molar-refractivity contribution in [3.05, 3.63) is 48.0 Å². The number of benzene rings is 2. The van der Waals surface area contributed by atoms with E-state index >= 15 is 0 Å². The van der Waals surface area contributed by atoms with Crippen LogP contribution in [0.4, 0.5) is 0 Å².